The highest BCUT2D eigenvalue weighted by Gasteiger charge is 2.30. The Kier molecular flexibility index (Phi) is 10.3. The lowest BCUT2D eigenvalue weighted by Crippen LogP contribution is -2.52. The van der Waals surface area contributed by atoms with Crippen LogP contribution in [-0.2, 0) is 9.59 Å². The molecule has 7 heterocycles. The molecule has 4 saturated heterocycles. The first kappa shape index (κ1) is 35.7. The van der Waals surface area contributed by atoms with Crippen molar-refractivity contribution in [1.29, 1.82) is 0 Å². The highest BCUT2D eigenvalue weighted by atomic mass is 16.2. The molecule has 4 fully saturated rings. The number of benzene rings is 1. The van der Waals surface area contributed by atoms with Gasteiger partial charge in [-0.15, -0.1) is 0 Å². The van der Waals surface area contributed by atoms with Crippen molar-refractivity contribution in [1.82, 2.24) is 35.4 Å². The zero-order valence-electron chi connectivity index (χ0n) is 30.7. The second-order valence-electron chi connectivity index (χ2n) is 15.1. The average molecular weight is 733 g/mol. The van der Waals surface area contributed by atoms with Gasteiger partial charge in [0.15, 0.2) is 0 Å². The number of fused-ring (bicyclic) bond motifs is 1. The Morgan fingerprint density at radius 3 is 2.41 bits per heavy atom. The molecule has 14 heteroatoms. The van der Waals surface area contributed by atoms with Crippen LogP contribution < -0.4 is 25.8 Å². The number of imide groups is 1. The summed E-state index contributed by atoms with van der Waals surface area (Å²) in [5.41, 5.74) is 4.16. The molecule has 4 N–H and O–H groups in total. The molecular formula is C40H48N10O4. The standard InChI is InChI=1S/C40H48N10O4/c1-47-15-3-5-34(47)33-22-28-24-41-35(23-32(28)42-33)45-38(52)27-7-9-29(10-8-27)49-20-18-48(19-21-49)25-26-13-16-50(17-14-26)36-6-2-4-30(43-36)39(53)44-31-11-12-37(51)46-40(31)54/h2,4,6-10,22-24,26,31,34,42H,3,5,11-21,25H2,1H3,(H,44,53)(H,41,45,52)(H,46,51,54)/t31-,34+/m0/s1. The lowest BCUT2D eigenvalue weighted by molar-refractivity contribution is -0.134. The van der Waals surface area contributed by atoms with Gasteiger partial charge >= 0.3 is 0 Å². The molecule has 14 nitrogen and oxygen atoms in total. The number of amides is 4. The van der Waals surface area contributed by atoms with Gasteiger partial charge in [-0.25, -0.2) is 9.97 Å². The summed E-state index contributed by atoms with van der Waals surface area (Å²) in [7, 11) is 2.16. The Bertz CT molecular complexity index is 2020. The highest BCUT2D eigenvalue weighted by molar-refractivity contribution is 6.05. The number of nitrogens with zero attached hydrogens (tertiary/aromatic N) is 6. The predicted octanol–water partition coefficient (Wildman–Crippen LogP) is 3.55. The second-order valence-corrected chi connectivity index (χ2v) is 15.1. The van der Waals surface area contributed by atoms with E-state index < -0.39 is 17.9 Å². The normalized spacial score (nSPS) is 21.7. The third kappa shape index (κ3) is 7.94. The van der Waals surface area contributed by atoms with E-state index in [1.165, 1.54) is 12.1 Å². The Labute approximate surface area is 314 Å². The Morgan fingerprint density at radius 2 is 1.67 bits per heavy atom. The zero-order valence-corrected chi connectivity index (χ0v) is 30.7. The van der Waals surface area contributed by atoms with Crippen LogP contribution in [0.4, 0.5) is 17.3 Å². The van der Waals surface area contributed by atoms with E-state index in [-0.39, 0.29) is 30.3 Å². The summed E-state index contributed by atoms with van der Waals surface area (Å²) in [6.07, 6.45) is 6.75. The van der Waals surface area contributed by atoms with Gasteiger partial charge in [0.1, 0.15) is 23.4 Å². The summed E-state index contributed by atoms with van der Waals surface area (Å²) in [5.74, 6) is 0.502. The van der Waals surface area contributed by atoms with Crippen LogP contribution in [0.25, 0.3) is 10.9 Å². The third-order valence-electron chi connectivity index (χ3n) is 11.5. The number of pyridine rings is 2. The predicted molar refractivity (Wildman–Crippen MR) is 207 cm³/mol. The molecular weight excluding hydrogens is 685 g/mol. The van der Waals surface area contributed by atoms with Crippen LogP contribution >= 0.6 is 0 Å². The molecule has 282 valence electrons. The van der Waals surface area contributed by atoms with Crippen LogP contribution in [-0.4, -0.2) is 114 Å². The minimum absolute atomic E-state index is 0.176. The topological polar surface area (TPSA) is 159 Å². The number of anilines is 3. The molecule has 54 heavy (non-hydrogen) atoms. The molecule has 8 rings (SSSR count). The van der Waals surface area contributed by atoms with Crippen LogP contribution in [0.3, 0.4) is 0 Å². The van der Waals surface area contributed by atoms with Gasteiger partial charge in [0.05, 0.1) is 5.52 Å². The van der Waals surface area contributed by atoms with Crippen LogP contribution in [0, 0.1) is 5.92 Å². The van der Waals surface area contributed by atoms with Gasteiger partial charge < -0.3 is 25.4 Å². The molecule has 0 saturated carbocycles. The van der Waals surface area contributed by atoms with E-state index >= 15 is 0 Å². The minimum Gasteiger partial charge on any atom is -0.369 e. The number of nitrogens with one attached hydrogen (secondary N) is 4. The number of hydrogen-bond acceptors (Lipinski definition) is 10. The molecule has 4 aromatic rings. The summed E-state index contributed by atoms with van der Waals surface area (Å²) in [6.45, 7) is 7.73. The third-order valence-corrected chi connectivity index (χ3v) is 11.5. The molecule has 0 radical (unpaired) electrons. The highest BCUT2D eigenvalue weighted by Crippen LogP contribution is 2.32. The number of piperazine rings is 1. The summed E-state index contributed by atoms with van der Waals surface area (Å²) >= 11 is 0. The van der Waals surface area contributed by atoms with Gasteiger partial charge in [0, 0.05) is 92.9 Å². The zero-order chi connectivity index (χ0) is 37.2. The molecule has 4 aliphatic heterocycles. The number of H-pyrrole nitrogens is 1. The largest absolute Gasteiger partial charge is 0.369 e. The monoisotopic (exact) mass is 732 g/mol. The summed E-state index contributed by atoms with van der Waals surface area (Å²) < 4.78 is 0. The number of aromatic nitrogens is 3. The Morgan fingerprint density at radius 1 is 0.870 bits per heavy atom. The maximum atomic E-state index is 13.1. The van der Waals surface area contributed by atoms with Gasteiger partial charge in [0.25, 0.3) is 11.8 Å². The van der Waals surface area contributed by atoms with Gasteiger partial charge in [-0.1, -0.05) is 6.07 Å². The van der Waals surface area contributed by atoms with Gasteiger partial charge in [-0.05, 0) is 94.1 Å². The lowest BCUT2D eigenvalue weighted by Gasteiger charge is -2.40. The lowest BCUT2D eigenvalue weighted by atomic mass is 9.96. The Balaban J connectivity index is 0.776. The fourth-order valence-corrected chi connectivity index (χ4v) is 8.30. The maximum Gasteiger partial charge on any atom is 0.270 e. The second kappa shape index (κ2) is 15.6. The molecule has 0 spiro atoms. The Hall–Kier alpha value is -5.34. The smallest absolute Gasteiger partial charge is 0.270 e. The van der Waals surface area contributed by atoms with E-state index in [4.69, 9.17) is 0 Å². The summed E-state index contributed by atoms with van der Waals surface area (Å²) in [4.78, 5) is 71.7. The van der Waals surface area contributed by atoms with Gasteiger partial charge in [-0.2, -0.15) is 0 Å². The van der Waals surface area contributed by atoms with Gasteiger partial charge in [-0.3, -0.25) is 34.3 Å². The van der Waals surface area contributed by atoms with Gasteiger partial charge in [0.2, 0.25) is 11.8 Å². The quantitative estimate of drug-likeness (QED) is 0.188. The van der Waals surface area contributed by atoms with Crippen LogP contribution in [0.1, 0.15) is 71.1 Å². The van der Waals surface area contributed by atoms with E-state index in [0.717, 1.165) is 94.0 Å². The number of hydrogen-bond donors (Lipinski definition) is 4. The van der Waals surface area contributed by atoms with E-state index in [1.807, 2.05) is 48.7 Å². The molecule has 4 amide bonds. The van der Waals surface area contributed by atoms with E-state index in [0.29, 0.717) is 23.3 Å². The maximum absolute atomic E-state index is 13.1. The number of piperidine rings is 2. The van der Waals surface area contributed by atoms with Crippen molar-refractivity contribution >= 4 is 51.9 Å². The molecule has 0 aliphatic carbocycles. The van der Waals surface area contributed by atoms with E-state index in [1.54, 1.807) is 6.07 Å². The van der Waals surface area contributed by atoms with Crippen molar-refractivity contribution in [3.05, 3.63) is 77.7 Å². The van der Waals surface area contributed by atoms with Crippen LogP contribution in [0.2, 0.25) is 0 Å². The number of aromatic amines is 1. The number of rotatable bonds is 9. The molecule has 1 aromatic carbocycles. The first-order valence-electron chi connectivity index (χ1n) is 19.2. The summed E-state index contributed by atoms with van der Waals surface area (Å²) in [6, 6.07) is 17.0. The molecule has 0 bridgehead atoms. The minimum atomic E-state index is -0.731. The van der Waals surface area contributed by atoms with Crippen molar-refractivity contribution in [2.75, 3.05) is 74.5 Å². The first-order valence-corrected chi connectivity index (χ1v) is 19.2. The van der Waals surface area contributed by atoms with Crippen LogP contribution in [0.15, 0.2) is 60.8 Å². The van der Waals surface area contributed by atoms with Crippen molar-refractivity contribution in [3.63, 3.8) is 0 Å². The fraction of sp³-hybridized carbons (Fsp3) is 0.450. The van der Waals surface area contributed by atoms with E-state index in [2.05, 4.69) is 63.6 Å². The molecule has 2 atom stereocenters. The summed E-state index contributed by atoms with van der Waals surface area (Å²) in [5, 5.41) is 9.01. The number of carbonyl (C=O) groups excluding carboxylic acids is 4. The number of carbonyl (C=O) groups is 4. The SMILES string of the molecule is CN1CCC[C@@H]1c1cc2cnc(NC(=O)c3ccc(N4CCN(CC5CCN(c6cccc(C(=O)N[C@H]7CCC(=O)NC7=O)n6)CC5)CC4)cc3)cc2[nH]1. The molecule has 3 aromatic heterocycles. The van der Waals surface area contributed by atoms with Crippen molar-refractivity contribution in [2.45, 2.75) is 50.6 Å². The average Bonchev–Trinajstić information content (AvgIpc) is 3.82. The number of likely N-dealkylation sites (tertiary alicyclic amines) is 1. The van der Waals surface area contributed by atoms with Crippen molar-refractivity contribution < 1.29 is 19.2 Å². The van der Waals surface area contributed by atoms with Crippen molar-refractivity contribution in [3.8, 4) is 0 Å². The fourth-order valence-electron chi connectivity index (χ4n) is 8.30. The first-order chi connectivity index (χ1) is 26.3. The van der Waals surface area contributed by atoms with E-state index in [9.17, 15) is 19.2 Å². The van der Waals surface area contributed by atoms with Crippen LogP contribution in [0.5, 0.6) is 0 Å². The molecule has 4 aliphatic rings. The van der Waals surface area contributed by atoms with Crippen molar-refractivity contribution in [2.24, 2.45) is 5.92 Å². The molecule has 0 unspecified atom stereocenters.